The molecular weight excluding hydrogens is 300 g/mol. The summed E-state index contributed by atoms with van der Waals surface area (Å²) < 4.78 is 1.37. The monoisotopic (exact) mass is 320 g/mol. The van der Waals surface area contributed by atoms with E-state index in [1.165, 1.54) is 16.4 Å². The van der Waals surface area contributed by atoms with E-state index in [1.54, 1.807) is 18.5 Å². The number of nitrogens with one attached hydrogen (secondary N) is 1. The molecule has 0 unspecified atom stereocenters. The number of pyridine rings is 1. The molecule has 2 rings (SSSR count). The second-order valence-corrected chi connectivity index (χ2v) is 6.43. The summed E-state index contributed by atoms with van der Waals surface area (Å²) in [7, 11) is 0. The minimum atomic E-state index is -0.213. The topological polar surface area (TPSA) is 98.7 Å². The highest BCUT2D eigenvalue weighted by atomic mass is 32.2. The molecule has 0 atom stereocenters. The molecule has 0 saturated heterocycles. The third-order valence-corrected chi connectivity index (χ3v) is 4.22. The zero-order valence-corrected chi connectivity index (χ0v) is 13.7. The number of nitrogen functional groups attached to an aromatic ring is 1. The quantitative estimate of drug-likeness (QED) is 0.617. The summed E-state index contributed by atoms with van der Waals surface area (Å²) in [4.78, 5) is 16.0. The second kappa shape index (κ2) is 6.78. The van der Waals surface area contributed by atoms with Crippen LogP contribution in [0.5, 0.6) is 0 Å². The van der Waals surface area contributed by atoms with E-state index < -0.39 is 0 Å². The van der Waals surface area contributed by atoms with Crippen molar-refractivity contribution in [2.45, 2.75) is 37.9 Å². The first-order valence-corrected chi connectivity index (χ1v) is 7.96. The number of nitrogens with zero attached hydrogens (tertiary/aromatic N) is 4. The molecule has 2 aromatic heterocycles. The molecule has 118 valence electrons. The van der Waals surface area contributed by atoms with Gasteiger partial charge in [-0.15, -0.1) is 10.2 Å². The molecule has 3 N–H and O–H groups in total. The third-order valence-electron chi connectivity index (χ3n) is 3.28. The van der Waals surface area contributed by atoms with Crippen molar-refractivity contribution in [1.29, 1.82) is 0 Å². The molecule has 8 heteroatoms. The Morgan fingerprint density at radius 1 is 1.45 bits per heavy atom. The molecule has 0 aliphatic rings. The largest absolute Gasteiger partial charge is 0.351 e. The van der Waals surface area contributed by atoms with Crippen LogP contribution in [0, 0.1) is 0 Å². The van der Waals surface area contributed by atoms with E-state index >= 15 is 0 Å². The fraction of sp³-hybridized carbons (Fsp3) is 0.429. The van der Waals surface area contributed by atoms with Crippen LogP contribution in [-0.4, -0.2) is 37.1 Å². The first kappa shape index (κ1) is 16.3. The SMILES string of the molecule is CCC(C)(C)NC(=O)CSc1nnc(-c2cccnc2)n1N. The van der Waals surface area contributed by atoms with Crippen molar-refractivity contribution in [2.24, 2.45) is 0 Å². The molecule has 0 spiro atoms. The van der Waals surface area contributed by atoms with Crippen molar-refractivity contribution < 1.29 is 4.79 Å². The number of rotatable bonds is 6. The molecule has 1 amide bonds. The van der Waals surface area contributed by atoms with Gasteiger partial charge < -0.3 is 11.2 Å². The number of carbonyl (C=O) groups excluding carboxylic acids is 1. The van der Waals surface area contributed by atoms with Gasteiger partial charge in [-0.3, -0.25) is 9.78 Å². The highest BCUT2D eigenvalue weighted by Gasteiger charge is 2.19. The van der Waals surface area contributed by atoms with Crippen molar-refractivity contribution >= 4 is 17.7 Å². The number of aromatic nitrogens is 4. The van der Waals surface area contributed by atoms with Gasteiger partial charge in [0.2, 0.25) is 11.1 Å². The molecule has 0 bridgehead atoms. The Balaban J connectivity index is 2.00. The maximum atomic E-state index is 11.9. The first-order chi connectivity index (χ1) is 10.4. The lowest BCUT2D eigenvalue weighted by molar-refractivity contribution is -0.120. The smallest absolute Gasteiger partial charge is 0.230 e. The van der Waals surface area contributed by atoms with Crippen molar-refractivity contribution in [3.8, 4) is 11.4 Å². The first-order valence-electron chi connectivity index (χ1n) is 6.97. The predicted octanol–water partition coefficient (Wildman–Crippen LogP) is 1.45. The van der Waals surface area contributed by atoms with Gasteiger partial charge >= 0.3 is 0 Å². The summed E-state index contributed by atoms with van der Waals surface area (Å²) >= 11 is 1.25. The number of amides is 1. The predicted molar refractivity (Wildman–Crippen MR) is 86.6 cm³/mol. The van der Waals surface area contributed by atoms with Crippen LogP contribution in [0.25, 0.3) is 11.4 Å². The van der Waals surface area contributed by atoms with Gasteiger partial charge in [0.05, 0.1) is 5.75 Å². The van der Waals surface area contributed by atoms with Crippen LogP contribution < -0.4 is 11.2 Å². The van der Waals surface area contributed by atoms with Crippen LogP contribution in [0.4, 0.5) is 0 Å². The van der Waals surface area contributed by atoms with E-state index in [0.29, 0.717) is 11.0 Å². The second-order valence-electron chi connectivity index (χ2n) is 5.49. The Morgan fingerprint density at radius 2 is 2.23 bits per heavy atom. The van der Waals surface area contributed by atoms with E-state index in [-0.39, 0.29) is 17.2 Å². The molecule has 2 heterocycles. The van der Waals surface area contributed by atoms with Gasteiger partial charge in [-0.05, 0) is 32.4 Å². The maximum absolute atomic E-state index is 11.9. The fourth-order valence-corrected chi connectivity index (χ4v) is 2.36. The van der Waals surface area contributed by atoms with Crippen LogP contribution in [0.1, 0.15) is 27.2 Å². The number of thioether (sulfide) groups is 1. The number of hydrogen-bond donors (Lipinski definition) is 2. The molecule has 0 aromatic carbocycles. The average Bonchev–Trinajstić information content (AvgIpc) is 2.87. The minimum absolute atomic E-state index is 0.0530. The Hall–Kier alpha value is -2.09. The van der Waals surface area contributed by atoms with Gasteiger partial charge in [-0.2, -0.15) is 0 Å². The fourth-order valence-electron chi connectivity index (χ4n) is 1.70. The van der Waals surface area contributed by atoms with Gasteiger partial charge in [0.25, 0.3) is 0 Å². The molecule has 0 saturated carbocycles. The normalized spacial score (nSPS) is 11.4. The average molecular weight is 320 g/mol. The Labute approximate surface area is 133 Å². The lowest BCUT2D eigenvalue weighted by atomic mass is 10.0. The lowest BCUT2D eigenvalue weighted by Gasteiger charge is -2.24. The van der Waals surface area contributed by atoms with E-state index in [4.69, 9.17) is 5.84 Å². The van der Waals surface area contributed by atoms with Gasteiger partial charge in [-0.25, -0.2) is 4.68 Å². The number of hydrogen-bond acceptors (Lipinski definition) is 6. The van der Waals surface area contributed by atoms with Gasteiger partial charge in [0.1, 0.15) is 0 Å². The van der Waals surface area contributed by atoms with Crippen molar-refractivity contribution in [1.82, 2.24) is 25.2 Å². The zero-order chi connectivity index (χ0) is 16.2. The van der Waals surface area contributed by atoms with Crippen LogP contribution >= 0.6 is 11.8 Å². The molecule has 0 fully saturated rings. The van der Waals surface area contributed by atoms with Crippen LogP contribution in [-0.2, 0) is 4.79 Å². The molecule has 0 radical (unpaired) electrons. The van der Waals surface area contributed by atoms with E-state index in [1.807, 2.05) is 26.8 Å². The minimum Gasteiger partial charge on any atom is -0.351 e. The molecule has 0 aliphatic heterocycles. The van der Waals surface area contributed by atoms with E-state index in [9.17, 15) is 4.79 Å². The molecule has 0 aliphatic carbocycles. The van der Waals surface area contributed by atoms with Crippen LogP contribution in [0.2, 0.25) is 0 Å². The summed E-state index contributed by atoms with van der Waals surface area (Å²) in [5.41, 5.74) is 0.565. The number of carbonyl (C=O) groups is 1. The maximum Gasteiger partial charge on any atom is 0.230 e. The Kier molecular flexibility index (Phi) is 5.02. The summed E-state index contributed by atoms with van der Waals surface area (Å²) in [6, 6.07) is 3.66. The molecule has 22 heavy (non-hydrogen) atoms. The van der Waals surface area contributed by atoms with Gasteiger partial charge in [-0.1, -0.05) is 18.7 Å². The molecular formula is C14H20N6OS. The van der Waals surface area contributed by atoms with Crippen LogP contribution in [0.15, 0.2) is 29.7 Å². The van der Waals surface area contributed by atoms with Gasteiger partial charge in [0, 0.05) is 23.5 Å². The summed E-state index contributed by atoms with van der Waals surface area (Å²) in [6.45, 7) is 6.01. The zero-order valence-electron chi connectivity index (χ0n) is 12.9. The standard InChI is InChI=1S/C14H20N6OS/c1-4-14(2,3)17-11(21)9-22-13-19-18-12(20(13)15)10-6-5-7-16-8-10/h5-8H,4,9,15H2,1-3H3,(H,17,21). The van der Waals surface area contributed by atoms with Gasteiger partial charge in [0.15, 0.2) is 5.82 Å². The molecule has 2 aromatic rings. The lowest BCUT2D eigenvalue weighted by Crippen LogP contribution is -2.43. The summed E-state index contributed by atoms with van der Waals surface area (Å²) in [5, 5.41) is 11.5. The Morgan fingerprint density at radius 3 is 2.86 bits per heavy atom. The van der Waals surface area contributed by atoms with Crippen molar-refractivity contribution in [2.75, 3.05) is 11.6 Å². The highest BCUT2D eigenvalue weighted by Crippen LogP contribution is 2.20. The Bertz CT molecular complexity index is 640. The molecule has 7 nitrogen and oxygen atoms in total. The summed E-state index contributed by atoms with van der Waals surface area (Å²) in [5.74, 6) is 6.69. The number of nitrogens with two attached hydrogens (primary N) is 1. The third kappa shape index (κ3) is 3.97. The van der Waals surface area contributed by atoms with Crippen molar-refractivity contribution in [3.05, 3.63) is 24.5 Å². The van der Waals surface area contributed by atoms with E-state index in [2.05, 4.69) is 20.5 Å². The van der Waals surface area contributed by atoms with E-state index in [0.717, 1.165) is 12.0 Å². The highest BCUT2D eigenvalue weighted by molar-refractivity contribution is 7.99. The van der Waals surface area contributed by atoms with Crippen LogP contribution in [0.3, 0.4) is 0 Å². The summed E-state index contributed by atoms with van der Waals surface area (Å²) in [6.07, 6.45) is 4.20. The van der Waals surface area contributed by atoms with Crippen molar-refractivity contribution in [3.63, 3.8) is 0 Å².